The number of hydrogen-bond donors (Lipinski definition) is 0. The fraction of sp³-hybridized carbons (Fsp3) is 0.0833. The number of fused-ring (bicyclic) bond motifs is 2. The summed E-state index contributed by atoms with van der Waals surface area (Å²) in [4.78, 5) is 28.2. The lowest BCUT2D eigenvalue weighted by Crippen LogP contribution is -2.29. The lowest BCUT2D eigenvalue weighted by molar-refractivity contribution is 0.0971. The molecule has 5 rings (SSSR count). The highest BCUT2D eigenvalue weighted by atomic mass is 19.1. The van der Waals surface area contributed by atoms with Crippen molar-refractivity contribution < 1.29 is 13.6 Å². The molecule has 1 unspecified atom stereocenters. The smallest absolute Gasteiger partial charge is 0.295 e. The lowest BCUT2D eigenvalue weighted by atomic mass is 9.97. The summed E-state index contributed by atoms with van der Waals surface area (Å²) in [5.41, 5.74) is 2.80. The van der Waals surface area contributed by atoms with Crippen LogP contribution in [-0.4, -0.2) is 5.91 Å². The van der Waals surface area contributed by atoms with Crippen LogP contribution in [0.25, 0.3) is 11.0 Å². The van der Waals surface area contributed by atoms with Gasteiger partial charge in [0, 0.05) is 5.69 Å². The van der Waals surface area contributed by atoms with Gasteiger partial charge in [0.15, 0.2) is 5.43 Å². The number of carbonyl (C=O) groups is 1. The summed E-state index contributed by atoms with van der Waals surface area (Å²) >= 11 is 0. The number of benzene rings is 3. The third-order valence-corrected chi connectivity index (χ3v) is 5.28. The van der Waals surface area contributed by atoms with E-state index in [1.54, 1.807) is 24.3 Å². The molecule has 0 spiro atoms. The van der Waals surface area contributed by atoms with E-state index in [1.165, 1.54) is 29.2 Å². The van der Waals surface area contributed by atoms with Crippen LogP contribution in [0.5, 0.6) is 0 Å². The highest BCUT2D eigenvalue weighted by molar-refractivity contribution is 6.10. The Balaban J connectivity index is 1.81. The van der Waals surface area contributed by atoms with Crippen molar-refractivity contribution in [2.75, 3.05) is 4.90 Å². The number of amides is 1. The van der Waals surface area contributed by atoms with Crippen molar-refractivity contribution in [3.63, 3.8) is 0 Å². The fourth-order valence-electron chi connectivity index (χ4n) is 3.85. The maximum atomic E-state index is 13.5. The van der Waals surface area contributed by atoms with Crippen molar-refractivity contribution in [1.29, 1.82) is 0 Å². The second-order valence-corrected chi connectivity index (χ2v) is 7.13. The fourth-order valence-corrected chi connectivity index (χ4v) is 3.85. The molecular formula is C24H16FNO3. The van der Waals surface area contributed by atoms with Crippen LogP contribution in [0.1, 0.15) is 33.3 Å². The minimum absolute atomic E-state index is 0.0311. The largest absolute Gasteiger partial charge is 0.450 e. The Morgan fingerprint density at radius 1 is 0.897 bits per heavy atom. The molecule has 5 heteroatoms. The van der Waals surface area contributed by atoms with Gasteiger partial charge in [0.05, 0.1) is 17.0 Å². The third-order valence-electron chi connectivity index (χ3n) is 5.28. The molecule has 0 fully saturated rings. The van der Waals surface area contributed by atoms with Gasteiger partial charge < -0.3 is 4.42 Å². The summed E-state index contributed by atoms with van der Waals surface area (Å²) in [6, 6.07) is 19.6. The molecule has 1 aliphatic rings. The molecule has 1 aromatic heterocycles. The van der Waals surface area contributed by atoms with Gasteiger partial charge in [-0.3, -0.25) is 14.5 Å². The molecule has 4 nitrogen and oxygen atoms in total. The summed E-state index contributed by atoms with van der Waals surface area (Å²) in [6.07, 6.45) is 0. The van der Waals surface area contributed by atoms with Crippen LogP contribution in [0, 0.1) is 12.7 Å². The Bertz CT molecular complexity index is 1310. The zero-order valence-corrected chi connectivity index (χ0v) is 15.6. The van der Waals surface area contributed by atoms with E-state index in [2.05, 4.69) is 0 Å². The van der Waals surface area contributed by atoms with Crippen molar-refractivity contribution in [3.8, 4) is 0 Å². The Kier molecular flexibility index (Phi) is 3.84. The van der Waals surface area contributed by atoms with Crippen molar-refractivity contribution in [2.24, 2.45) is 0 Å². The minimum atomic E-state index is -0.649. The van der Waals surface area contributed by atoms with E-state index in [0.29, 0.717) is 22.2 Å². The predicted octanol–water partition coefficient (Wildman–Crippen LogP) is 4.99. The molecule has 0 N–H and O–H groups in total. The quantitative estimate of drug-likeness (QED) is 0.488. The number of rotatable bonds is 2. The van der Waals surface area contributed by atoms with Gasteiger partial charge >= 0.3 is 0 Å². The molecule has 1 aliphatic heterocycles. The summed E-state index contributed by atoms with van der Waals surface area (Å²) in [5.74, 6) is -0.784. The molecular weight excluding hydrogens is 369 g/mol. The summed E-state index contributed by atoms with van der Waals surface area (Å²) in [6.45, 7) is 1.97. The van der Waals surface area contributed by atoms with Crippen LogP contribution < -0.4 is 10.3 Å². The molecule has 1 atom stereocenters. The molecule has 3 aromatic carbocycles. The first-order valence-electron chi connectivity index (χ1n) is 9.26. The van der Waals surface area contributed by atoms with Crippen LogP contribution in [0.3, 0.4) is 0 Å². The lowest BCUT2D eigenvalue weighted by Gasteiger charge is -2.25. The number of hydrogen-bond acceptors (Lipinski definition) is 3. The van der Waals surface area contributed by atoms with Crippen molar-refractivity contribution in [1.82, 2.24) is 0 Å². The van der Waals surface area contributed by atoms with Crippen molar-refractivity contribution in [3.05, 3.63) is 111 Å². The van der Waals surface area contributed by atoms with E-state index in [4.69, 9.17) is 4.42 Å². The molecule has 1 amide bonds. The van der Waals surface area contributed by atoms with Crippen LogP contribution in [0.4, 0.5) is 10.1 Å². The summed E-state index contributed by atoms with van der Waals surface area (Å²) in [7, 11) is 0. The Labute approximate surface area is 165 Å². The number of nitrogens with zero attached hydrogens (tertiary/aromatic N) is 1. The van der Waals surface area contributed by atoms with Gasteiger partial charge in [0.25, 0.3) is 5.91 Å². The molecule has 0 bridgehead atoms. The van der Waals surface area contributed by atoms with E-state index in [1.807, 2.05) is 31.2 Å². The Hall–Kier alpha value is -3.73. The second-order valence-electron chi connectivity index (χ2n) is 7.13. The first kappa shape index (κ1) is 17.4. The number of para-hydroxylation sites is 1. The van der Waals surface area contributed by atoms with E-state index >= 15 is 0 Å². The van der Waals surface area contributed by atoms with E-state index in [0.717, 1.165) is 11.1 Å². The van der Waals surface area contributed by atoms with E-state index < -0.39 is 17.8 Å². The highest BCUT2D eigenvalue weighted by Gasteiger charge is 2.43. The third kappa shape index (κ3) is 2.66. The van der Waals surface area contributed by atoms with Gasteiger partial charge in [0.1, 0.15) is 11.4 Å². The van der Waals surface area contributed by atoms with Gasteiger partial charge in [-0.2, -0.15) is 0 Å². The summed E-state index contributed by atoms with van der Waals surface area (Å²) < 4.78 is 19.4. The first-order chi connectivity index (χ1) is 14.0. The minimum Gasteiger partial charge on any atom is -0.450 e. The number of aryl methyl sites for hydroxylation is 1. The summed E-state index contributed by atoms with van der Waals surface area (Å²) in [5, 5.41) is 0.428. The predicted molar refractivity (Wildman–Crippen MR) is 109 cm³/mol. The number of carbonyl (C=O) groups excluding carboxylic acids is 1. The van der Waals surface area contributed by atoms with E-state index in [-0.39, 0.29) is 11.2 Å². The van der Waals surface area contributed by atoms with Gasteiger partial charge in [-0.1, -0.05) is 42.0 Å². The average Bonchev–Trinajstić information content (AvgIpc) is 3.02. The van der Waals surface area contributed by atoms with Crippen LogP contribution in [-0.2, 0) is 0 Å². The standard InChI is InChI=1S/C24H16FNO3/c1-14-6-8-15(9-7-14)21-20-22(27)18-4-2-3-5-19(18)29-23(20)24(28)26(21)17-12-10-16(25)11-13-17/h2-13,21H,1H3. The van der Waals surface area contributed by atoms with Crippen LogP contribution >= 0.6 is 0 Å². The highest BCUT2D eigenvalue weighted by Crippen LogP contribution is 2.41. The van der Waals surface area contributed by atoms with Gasteiger partial charge in [-0.15, -0.1) is 0 Å². The second kappa shape index (κ2) is 6.41. The van der Waals surface area contributed by atoms with Gasteiger partial charge in [-0.25, -0.2) is 4.39 Å². The number of anilines is 1. The maximum absolute atomic E-state index is 13.5. The van der Waals surface area contributed by atoms with Gasteiger partial charge in [0.2, 0.25) is 5.76 Å². The molecule has 2 heterocycles. The molecule has 29 heavy (non-hydrogen) atoms. The SMILES string of the molecule is Cc1ccc(C2c3c(oc4ccccc4c3=O)C(=O)N2c2ccc(F)cc2)cc1. The average molecular weight is 385 g/mol. The molecule has 4 aromatic rings. The van der Waals surface area contributed by atoms with Crippen molar-refractivity contribution in [2.45, 2.75) is 13.0 Å². The van der Waals surface area contributed by atoms with Crippen LogP contribution in [0.15, 0.2) is 82.0 Å². The van der Waals surface area contributed by atoms with Crippen LogP contribution in [0.2, 0.25) is 0 Å². The molecule has 0 radical (unpaired) electrons. The topological polar surface area (TPSA) is 50.5 Å². The monoisotopic (exact) mass is 385 g/mol. The first-order valence-corrected chi connectivity index (χ1v) is 9.26. The Morgan fingerprint density at radius 3 is 2.31 bits per heavy atom. The number of halogens is 1. The molecule has 0 saturated heterocycles. The van der Waals surface area contributed by atoms with Gasteiger partial charge in [-0.05, 0) is 48.9 Å². The van der Waals surface area contributed by atoms with E-state index in [9.17, 15) is 14.0 Å². The molecule has 0 saturated carbocycles. The zero-order chi connectivity index (χ0) is 20.1. The molecule has 142 valence electrons. The zero-order valence-electron chi connectivity index (χ0n) is 15.6. The van der Waals surface area contributed by atoms with Crippen molar-refractivity contribution >= 4 is 22.6 Å². The normalized spacial score (nSPS) is 15.7. The maximum Gasteiger partial charge on any atom is 0.295 e. The molecule has 0 aliphatic carbocycles. The Morgan fingerprint density at radius 2 is 1.59 bits per heavy atom.